The highest BCUT2D eigenvalue weighted by molar-refractivity contribution is 6.30. The topological polar surface area (TPSA) is 29.1 Å². The molecule has 3 aromatic carbocycles. The lowest BCUT2D eigenvalue weighted by atomic mass is 9.86. The number of benzene rings is 3. The fourth-order valence-corrected chi connectivity index (χ4v) is 2.94. The maximum Gasteiger partial charge on any atom is 0.256 e. The van der Waals surface area contributed by atoms with Gasteiger partial charge >= 0.3 is 0 Å². The van der Waals surface area contributed by atoms with Gasteiger partial charge in [-0.3, -0.25) is 4.79 Å². The molecule has 0 bridgehead atoms. The van der Waals surface area contributed by atoms with E-state index in [4.69, 9.17) is 11.6 Å². The highest BCUT2D eigenvalue weighted by atomic mass is 35.5. The minimum atomic E-state index is -0.136. The van der Waals surface area contributed by atoms with Gasteiger partial charge in [0.25, 0.3) is 5.91 Å². The number of rotatable bonds is 3. The Hall–Kier alpha value is -2.58. The number of amides is 1. The summed E-state index contributed by atoms with van der Waals surface area (Å²) < 4.78 is 0. The first kappa shape index (κ1) is 18.2. The van der Waals surface area contributed by atoms with Crippen molar-refractivity contribution in [1.29, 1.82) is 0 Å². The van der Waals surface area contributed by atoms with Gasteiger partial charge in [0.15, 0.2) is 0 Å². The van der Waals surface area contributed by atoms with E-state index in [1.54, 1.807) is 24.3 Å². The molecule has 0 saturated heterocycles. The molecule has 26 heavy (non-hydrogen) atoms. The van der Waals surface area contributed by atoms with Gasteiger partial charge in [0.1, 0.15) is 0 Å². The predicted octanol–water partition coefficient (Wildman–Crippen LogP) is 6.56. The van der Waals surface area contributed by atoms with Gasteiger partial charge in [-0.25, -0.2) is 0 Å². The van der Waals surface area contributed by atoms with E-state index in [0.717, 1.165) is 16.8 Å². The van der Waals surface area contributed by atoms with Gasteiger partial charge in [0, 0.05) is 16.3 Å². The number of hydrogen-bond donors (Lipinski definition) is 1. The standard InChI is InChI=1S/C23H22ClNO/c1-23(2,3)17-10-8-16(9-11-17)20-6-4-5-7-21(20)22(26)25-19-14-12-18(24)13-15-19/h4-15H,1-3H3,(H,25,26). The maximum absolute atomic E-state index is 12.8. The number of anilines is 1. The van der Waals surface area contributed by atoms with Crippen molar-refractivity contribution in [2.45, 2.75) is 26.2 Å². The number of carbonyl (C=O) groups is 1. The summed E-state index contributed by atoms with van der Waals surface area (Å²) >= 11 is 5.90. The van der Waals surface area contributed by atoms with Crippen molar-refractivity contribution < 1.29 is 4.79 Å². The first-order valence-electron chi connectivity index (χ1n) is 8.61. The van der Waals surface area contributed by atoms with Crippen LogP contribution in [0.25, 0.3) is 11.1 Å². The first-order valence-corrected chi connectivity index (χ1v) is 8.99. The molecular weight excluding hydrogens is 342 g/mol. The summed E-state index contributed by atoms with van der Waals surface area (Å²) in [6, 6.07) is 23.2. The molecule has 0 aromatic heterocycles. The average molecular weight is 364 g/mol. The van der Waals surface area contributed by atoms with E-state index in [-0.39, 0.29) is 11.3 Å². The molecule has 0 aliphatic rings. The Labute approximate surface area is 159 Å². The molecular formula is C23H22ClNO. The molecule has 132 valence electrons. The molecule has 3 aromatic rings. The fraction of sp³-hybridized carbons (Fsp3) is 0.174. The second-order valence-electron chi connectivity index (χ2n) is 7.33. The van der Waals surface area contributed by atoms with Gasteiger partial charge in [-0.1, -0.05) is 74.8 Å². The number of hydrogen-bond acceptors (Lipinski definition) is 1. The van der Waals surface area contributed by atoms with Crippen LogP contribution in [0.3, 0.4) is 0 Å². The van der Waals surface area contributed by atoms with Crippen LogP contribution in [0.1, 0.15) is 36.7 Å². The lowest BCUT2D eigenvalue weighted by molar-refractivity contribution is 0.102. The predicted molar refractivity (Wildman–Crippen MR) is 110 cm³/mol. The van der Waals surface area contributed by atoms with Gasteiger partial charge in [-0.15, -0.1) is 0 Å². The molecule has 0 atom stereocenters. The minimum absolute atomic E-state index is 0.101. The zero-order valence-electron chi connectivity index (χ0n) is 15.2. The van der Waals surface area contributed by atoms with Gasteiger partial charge in [0.05, 0.1) is 0 Å². The Morgan fingerprint density at radius 1 is 0.846 bits per heavy atom. The Bertz CT molecular complexity index is 906. The molecule has 0 aliphatic heterocycles. The summed E-state index contributed by atoms with van der Waals surface area (Å²) in [5, 5.41) is 3.57. The van der Waals surface area contributed by atoms with Crippen molar-refractivity contribution in [1.82, 2.24) is 0 Å². The van der Waals surface area contributed by atoms with Gasteiger partial charge < -0.3 is 5.32 Å². The molecule has 0 aliphatic carbocycles. The van der Waals surface area contributed by atoms with Crippen LogP contribution in [0.15, 0.2) is 72.8 Å². The molecule has 3 heteroatoms. The monoisotopic (exact) mass is 363 g/mol. The Kier molecular flexibility index (Phi) is 5.15. The quantitative estimate of drug-likeness (QED) is 0.561. The van der Waals surface area contributed by atoms with E-state index in [2.05, 4.69) is 50.4 Å². The second-order valence-corrected chi connectivity index (χ2v) is 7.77. The first-order chi connectivity index (χ1) is 12.3. The Morgan fingerprint density at radius 2 is 1.46 bits per heavy atom. The SMILES string of the molecule is CC(C)(C)c1ccc(-c2ccccc2C(=O)Nc2ccc(Cl)cc2)cc1. The third kappa shape index (κ3) is 4.14. The van der Waals surface area contributed by atoms with Crippen LogP contribution in [0.4, 0.5) is 5.69 Å². The van der Waals surface area contributed by atoms with E-state index in [1.165, 1.54) is 5.56 Å². The van der Waals surface area contributed by atoms with Gasteiger partial charge in [-0.2, -0.15) is 0 Å². The van der Waals surface area contributed by atoms with Crippen molar-refractivity contribution in [2.75, 3.05) is 5.32 Å². The molecule has 0 radical (unpaired) electrons. The molecule has 0 heterocycles. The van der Waals surface area contributed by atoms with Crippen molar-refractivity contribution >= 4 is 23.2 Å². The largest absolute Gasteiger partial charge is 0.322 e. The van der Waals surface area contributed by atoms with Gasteiger partial charge in [0.2, 0.25) is 0 Å². The number of nitrogens with one attached hydrogen (secondary N) is 1. The van der Waals surface area contributed by atoms with Crippen molar-refractivity contribution in [3.63, 3.8) is 0 Å². The maximum atomic E-state index is 12.8. The number of halogens is 1. The zero-order valence-corrected chi connectivity index (χ0v) is 16.0. The lowest BCUT2D eigenvalue weighted by Crippen LogP contribution is -2.13. The molecule has 0 saturated carbocycles. The van der Waals surface area contributed by atoms with E-state index >= 15 is 0 Å². The van der Waals surface area contributed by atoms with Crippen molar-refractivity contribution in [2.24, 2.45) is 0 Å². The van der Waals surface area contributed by atoms with E-state index in [9.17, 15) is 4.79 Å². The van der Waals surface area contributed by atoms with E-state index in [0.29, 0.717) is 10.6 Å². The molecule has 2 nitrogen and oxygen atoms in total. The summed E-state index contributed by atoms with van der Waals surface area (Å²) in [5.74, 6) is -0.136. The molecule has 1 amide bonds. The molecule has 0 unspecified atom stereocenters. The highest BCUT2D eigenvalue weighted by Gasteiger charge is 2.15. The highest BCUT2D eigenvalue weighted by Crippen LogP contribution is 2.28. The van der Waals surface area contributed by atoms with Crippen molar-refractivity contribution in [3.8, 4) is 11.1 Å². The van der Waals surface area contributed by atoms with Crippen LogP contribution in [0.2, 0.25) is 5.02 Å². The normalized spacial score (nSPS) is 11.2. The van der Waals surface area contributed by atoms with Crippen LogP contribution < -0.4 is 5.32 Å². The molecule has 3 rings (SSSR count). The molecule has 0 fully saturated rings. The summed E-state index contributed by atoms with van der Waals surface area (Å²) in [7, 11) is 0. The smallest absolute Gasteiger partial charge is 0.256 e. The molecule has 0 spiro atoms. The van der Waals surface area contributed by atoms with E-state index in [1.807, 2.05) is 24.3 Å². The summed E-state index contributed by atoms with van der Waals surface area (Å²) in [5.41, 5.74) is 4.68. The summed E-state index contributed by atoms with van der Waals surface area (Å²) in [6.45, 7) is 6.57. The number of carbonyl (C=O) groups excluding carboxylic acids is 1. The summed E-state index contributed by atoms with van der Waals surface area (Å²) in [4.78, 5) is 12.8. The van der Waals surface area contributed by atoms with Crippen LogP contribution in [-0.4, -0.2) is 5.91 Å². The van der Waals surface area contributed by atoms with Crippen molar-refractivity contribution in [3.05, 3.63) is 88.9 Å². The van der Waals surface area contributed by atoms with Crippen LogP contribution in [0, 0.1) is 0 Å². The van der Waals surface area contributed by atoms with Gasteiger partial charge in [-0.05, 0) is 52.4 Å². The molecule has 1 N–H and O–H groups in total. The second kappa shape index (κ2) is 7.35. The van der Waals surface area contributed by atoms with E-state index < -0.39 is 0 Å². The average Bonchev–Trinajstić information content (AvgIpc) is 2.63. The summed E-state index contributed by atoms with van der Waals surface area (Å²) in [6.07, 6.45) is 0. The van der Waals surface area contributed by atoms with Crippen LogP contribution >= 0.6 is 11.6 Å². The zero-order chi connectivity index (χ0) is 18.7. The third-order valence-corrected chi connectivity index (χ3v) is 4.59. The third-order valence-electron chi connectivity index (χ3n) is 4.34. The minimum Gasteiger partial charge on any atom is -0.322 e. The van der Waals surface area contributed by atoms with Crippen LogP contribution in [0.5, 0.6) is 0 Å². The van der Waals surface area contributed by atoms with Crippen LogP contribution in [-0.2, 0) is 5.41 Å². The Morgan fingerprint density at radius 3 is 2.08 bits per heavy atom. The Balaban J connectivity index is 1.90. The fourth-order valence-electron chi connectivity index (χ4n) is 2.81. The lowest BCUT2D eigenvalue weighted by Gasteiger charge is -2.19.